The molecule has 0 aromatic heterocycles. The van der Waals surface area contributed by atoms with Gasteiger partial charge in [0.15, 0.2) is 0 Å². The Bertz CT molecular complexity index is 204. The molecule has 0 saturated heterocycles. The molecular formula is C13H26O3. The number of hydrogen-bond acceptors (Lipinski definition) is 3. The van der Waals surface area contributed by atoms with Crippen molar-refractivity contribution in [1.82, 2.24) is 0 Å². The molecule has 1 atom stereocenters. The molecule has 1 unspecified atom stereocenters. The Morgan fingerprint density at radius 3 is 2.12 bits per heavy atom. The van der Waals surface area contributed by atoms with Crippen LogP contribution in [0, 0.1) is 17.3 Å². The third kappa shape index (κ3) is 6.11. The van der Waals surface area contributed by atoms with E-state index < -0.39 is 0 Å². The fourth-order valence-corrected chi connectivity index (χ4v) is 1.34. The molecule has 3 nitrogen and oxygen atoms in total. The van der Waals surface area contributed by atoms with Gasteiger partial charge in [0.1, 0.15) is 0 Å². The first kappa shape index (κ1) is 15.4. The molecule has 0 spiro atoms. The summed E-state index contributed by atoms with van der Waals surface area (Å²) in [6.45, 7) is 13.7. The minimum absolute atomic E-state index is 0.122. The number of esters is 1. The number of rotatable bonds is 6. The first-order valence-electron chi connectivity index (χ1n) is 6.03. The molecule has 0 aliphatic carbocycles. The van der Waals surface area contributed by atoms with Gasteiger partial charge in [-0.3, -0.25) is 4.79 Å². The van der Waals surface area contributed by atoms with Crippen molar-refractivity contribution in [1.29, 1.82) is 0 Å². The van der Waals surface area contributed by atoms with Crippen LogP contribution in [0.3, 0.4) is 0 Å². The van der Waals surface area contributed by atoms with Gasteiger partial charge in [-0.15, -0.1) is 0 Å². The van der Waals surface area contributed by atoms with E-state index in [4.69, 9.17) is 9.47 Å². The molecule has 0 radical (unpaired) electrons. The topological polar surface area (TPSA) is 35.5 Å². The first-order valence-corrected chi connectivity index (χ1v) is 6.03. The van der Waals surface area contributed by atoms with Crippen LogP contribution < -0.4 is 0 Å². The predicted molar refractivity (Wildman–Crippen MR) is 65.2 cm³/mol. The Morgan fingerprint density at radius 1 is 1.19 bits per heavy atom. The molecule has 3 heteroatoms. The molecule has 0 N–H and O–H groups in total. The lowest BCUT2D eigenvalue weighted by Gasteiger charge is -2.28. The third-order valence-electron chi connectivity index (χ3n) is 2.35. The van der Waals surface area contributed by atoms with Gasteiger partial charge in [0.25, 0.3) is 0 Å². The molecule has 0 aliphatic rings. The average molecular weight is 230 g/mol. The summed E-state index contributed by atoms with van der Waals surface area (Å²) in [6, 6.07) is 0. The second-order valence-corrected chi connectivity index (χ2v) is 5.60. The Morgan fingerprint density at radius 2 is 1.75 bits per heavy atom. The zero-order valence-corrected chi connectivity index (χ0v) is 11.5. The first-order chi connectivity index (χ1) is 7.29. The molecular weight excluding hydrogens is 204 g/mol. The van der Waals surface area contributed by atoms with Crippen molar-refractivity contribution < 1.29 is 14.3 Å². The van der Waals surface area contributed by atoms with Crippen molar-refractivity contribution in [2.75, 3.05) is 19.8 Å². The fraction of sp³-hybridized carbons (Fsp3) is 0.923. The van der Waals surface area contributed by atoms with Gasteiger partial charge >= 0.3 is 5.97 Å². The summed E-state index contributed by atoms with van der Waals surface area (Å²) in [5.41, 5.74) is -0.122. The van der Waals surface area contributed by atoms with Crippen molar-refractivity contribution in [2.24, 2.45) is 17.3 Å². The zero-order valence-electron chi connectivity index (χ0n) is 11.5. The fourth-order valence-electron chi connectivity index (χ4n) is 1.34. The van der Waals surface area contributed by atoms with Crippen molar-refractivity contribution >= 4 is 5.97 Å². The summed E-state index contributed by atoms with van der Waals surface area (Å²) in [7, 11) is 0. The maximum atomic E-state index is 11.8. The smallest absolute Gasteiger partial charge is 0.311 e. The van der Waals surface area contributed by atoms with Gasteiger partial charge in [-0.2, -0.15) is 0 Å². The van der Waals surface area contributed by atoms with Gasteiger partial charge in [-0.05, 0) is 18.3 Å². The molecule has 0 aromatic carbocycles. The predicted octanol–water partition coefficient (Wildman–Crippen LogP) is 2.88. The van der Waals surface area contributed by atoms with Crippen molar-refractivity contribution in [3.63, 3.8) is 0 Å². The van der Waals surface area contributed by atoms with E-state index in [9.17, 15) is 4.79 Å². The largest absolute Gasteiger partial charge is 0.466 e. The van der Waals surface area contributed by atoms with E-state index in [1.165, 1.54) is 0 Å². The molecule has 0 saturated carbocycles. The summed E-state index contributed by atoms with van der Waals surface area (Å²) in [4.78, 5) is 11.8. The van der Waals surface area contributed by atoms with Gasteiger partial charge in [0.2, 0.25) is 0 Å². The molecule has 0 bridgehead atoms. The van der Waals surface area contributed by atoms with Gasteiger partial charge in [0, 0.05) is 6.61 Å². The number of carbonyl (C=O) groups is 1. The highest BCUT2D eigenvalue weighted by Crippen LogP contribution is 2.27. The average Bonchev–Trinajstić information content (AvgIpc) is 2.10. The zero-order chi connectivity index (χ0) is 12.8. The van der Waals surface area contributed by atoms with Crippen LogP contribution in [0.5, 0.6) is 0 Å². The molecule has 0 aromatic rings. The van der Waals surface area contributed by atoms with E-state index in [1.807, 2.05) is 27.7 Å². The Balaban J connectivity index is 4.28. The SMILES string of the molecule is CCOC(=O)C(COCC(C)C)C(C)(C)C. The van der Waals surface area contributed by atoms with Gasteiger partial charge in [0.05, 0.1) is 19.1 Å². The van der Waals surface area contributed by atoms with Crippen LogP contribution in [0.4, 0.5) is 0 Å². The Labute approximate surface area is 99.5 Å². The van der Waals surface area contributed by atoms with Crippen LogP contribution in [0.2, 0.25) is 0 Å². The third-order valence-corrected chi connectivity index (χ3v) is 2.35. The van der Waals surface area contributed by atoms with Crippen LogP contribution in [-0.2, 0) is 14.3 Å². The normalized spacial score (nSPS) is 13.9. The highest BCUT2D eigenvalue weighted by Gasteiger charge is 2.32. The van der Waals surface area contributed by atoms with Gasteiger partial charge in [-0.25, -0.2) is 0 Å². The minimum atomic E-state index is -0.189. The van der Waals surface area contributed by atoms with Gasteiger partial charge in [-0.1, -0.05) is 34.6 Å². The molecule has 0 fully saturated rings. The summed E-state index contributed by atoms with van der Waals surface area (Å²) in [5.74, 6) is 0.146. The lowest BCUT2D eigenvalue weighted by Crippen LogP contribution is -2.34. The van der Waals surface area contributed by atoms with E-state index in [0.717, 1.165) is 0 Å². The summed E-state index contributed by atoms with van der Waals surface area (Å²) in [5, 5.41) is 0. The van der Waals surface area contributed by atoms with Crippen LogP contribution in [-0.4, -0.2) is 25.8 Å². The lowest BCUT2D eigenvalue weighted by atomic mass is 9.81. The van der Waals surface area contributed by atoms with Crippen LogP contribution in [0.15, 0.2) is 0 Å². The summed E-state index contributed by atoms with van der Waals surface area (Å²) in [6.07, 6.45) is 0. The second-order valence-electron chi connectivity index (χ2n) is 5.60. The highest BCUT2D eigenvalue weighted by molar-refractivity contribution is 5.73. The number of hydrogen-bond donors (Lipinski definition) is 0. The van der Waals surface area contributed by atoms with Crippen LogP contribution in [0.25, 0.3) is 0 Å². The summed E-state index contributed by atoms with van der Waals surface area (Å²) < 4.78 is 10.6. The quantitative estimate of drug-likeness (QED) is 0.658. The van der Waals surface area contributed by atoms with E-state index in [0.29, 0.717) is 25.7 Å². The minimum Gasteiger partial charge on any atom is -0.466 e. The van der Waals surface area contributed by atoms with Crippen LogP contribution >= 0.6 is 0 Å². The molecule has 0 amide bonds. The van der Waals surface area contributed by atoms with Crippen molar-refractivity contribution in [3.05, 3.63) is 0 Å². The van der Waals surface area contributed by atoms with Gasteiger partial charge < -0.3 is 9.47 Å². The van der Waals surface area contributed by atoms with E-state index in [-0.39, 0.29) is 17.3 Å². The highest BCUT2D eigenvalue weighted by atomic mass is 16.5. The summed E-state index contributed by atoms with van der Waals surface area (Å²) >= 11 is 0. The van der Waals surface area contributed by atoms with E-state index >= 15 is 0 Å². The Hall–Kier alpha value is -0.570. The maximum Gasteiger partial charge on any atom is 0.311 e. The monoisotopic (exact) mass is 230 g/mol. The Kier molecular flexibility index (Phi) is 6.65. The number of ether oxygens (including phenoxy) is 2. The van der Waals surface area contributed by atoms with E-state index in [2.05, 4.69) is 13.8 Å². The molecule has 0 aliphatic heterocycles. The van der Waals surface area contributed by atoms with Crippen LogP contribution in [0.1, 0.15) is 41.5 Å². The van der Waals surface area contributed by atoms with E-state index in [1.54, 1.807) is 0 Å². The lowest BCUT2D eigenvalue weighted by molar-refractivity contribution is -0.155. The number of carbonyl (C=O) groups excluding carboxylic acids is 1. The standard InChI is InChI=1S/C13H26O3/c1-7-16-12(14)11(13(4,5)6)9-15-8-10(2)3/h10-11H,7-9H2,1-6H3. The van der Waals surface area contributed by atoms with Crippen molar-refractivity contribution in [3.8, 4) is 0 Å². The molecule has 96 valence electrons. The molecule has 16 heavy (non-hydrogen) atoms. The van der Waals surface area contributed by atoms with Crippen molar-refractivity contribution in [2.45, 2.75) is 41.5 Å². The molecule has 0 heterocycles. The molecule has 0 rings (SSSR count). The maximum absolute atomic E-state index is 11.8. The second kappa shape index (κ2) is 6.89.